The maximum absolute atomic E-state index is 12.9. The molecule has 1 saturated carbocycles. The van der Waals surface area contributed by atoms with Gasteiger partial charge in [0.25, 0.3) is 0 Å². The van der Waals surface area contributed by atoms with Gasteiger partial charge >= 0.3 is 0 Å². The number of rotatable bonds is 2. The first kappa shape index (κ1) is 14.6. The average molecular weight is 295 g/mol. The van der Waals surface area contributed by atoms with Crippen LogP contribution in [-0.4, -0.2) is 22.3 Å². The number of hydrogen-bond donors (Lipinski definition) is 0. The summed E-state index contributed by atoms with van der Waals surface area (Å²) in [5.41, 5.74) is 2.73. The molecule has 1 aromatic carbocycles. The summed E-state index contributed by atoms with van der Waals surface area (Å²) < 4.78 is 0. The lowest BCUT2D eigenvalue weighted by atomic mass is 9.80. The van der Waals surface area contributed by atoms with Crippen LogP contribution in [0.2, 0.25) is 0 Å². The first-order valence-corrected chi connectivity index (χ1v) is 7.44. The second-order valence-electron chi connectivity index (χ2n) is 5.93. The van der Waals surface area contributed by atoms with Gasteiger partial charge in [0.15, 0.2) is 17.3 Å². The summed E-state index contributed by atoms with van der Waals surface area (Å²) in [5.74, 6) is -2.05. The van der Waals surface area contributed by atoms with Crippen LogP contribution in [0.15, 0.2) is 24.4 Å². The highest BCUT2D eigenvalue weighted by molar-refractivity contribution is 6.27. The third-order valence-corrected chi connectivity index (χ3v) is 4.20. The van der Waals surface area contributed by atoms with E-state index in [-0.39, 0.29) is 11.6 Å². The van der Waals surface area contributed by atoms with Crippen LogP contribution in [0.3, 0.4) is 0 Å². The second-order valence-corrected chi connectivity index (χ2v) is 5.93. The van der Waals surface area contributed by atoms with Crippen molar-refractivity contribution in [2.75, 3.05) is 0 Å². The zero-order valence-electron chi connectivity index (χ0n) is 12.7. The van der Waals surface area contributed by atoms with Crippen molar-refractivity contribution in [1.82, 2.24) is 4.98 Å². The van der Waals surface area contributed by atoms with E-state index in [2.05, 4.69) is 4.98 Å². The predicted octanol–water partition coefficient (Wildman–Crippen LogP) is 2.97. The van der Waals surface area contributed by atoms with Crippen molar-refractivity contribution in [2.24, 2.45) is 5.92 Å². The van der Waals surface area contributed by atoms with Gasteiger partial charge in [-0.2, -0.15) is 0 Å². The van der Waals surface area contributed by atoms with Crippen LogP contribution in [0.1, 0.15) is 40.7 Å². The van der Waals surface area contributed by atoms with Crippen molar-refractivity contribution in [3.63, 3.8) is 0 Å². The minimum atomic E-state index is -1.14. The Hall–Kier alpha value is -2.36. The van der Waals surface area contributed by atoms with Crippen LogP contribution in [0, 0.1) is 19.8 Å². The lowest BCUT2D eigenvalue weighted by Gasteiger charge is -2.19. The predicted molar refractivity (Wildman–Crippen MR) is 82.9 cm³/mol. The van der Waals surface area contributed by atoms with Crippen molar-refractivity contribution in [3.8, 4) is 0 Å². The van der Waals surface area contributed by atoms with E-state index in [4.69, 9.17) is 0 Å². The maximum atomic E-state index is 12.9. The summed E-state index contributed by atoms with van der Waals surface area (Å²) in [6, 6.07) is 5.70. The van der Waals surface area contributed by atoms with Crippen molar-refractivity contribution in [3.05, 3.63) is 41.1 Å². The van der Waals surface area contributed by atoms with Gasteiger partial charge in [-0.05, 0) is 37.5 Å². The van der Waals surface area contributed by atoms with E-state index in [0.29, 0.717) is 30.3 Å². The van der Waals surface area contributed by atoms with E-state index in [1.54, 1.807) is 6.20 Å². The lowest BCUT2D eigenvalue weighted by Crippen LogP contribution is -2.35. The van der Waals surface area contributed by atoms with Crippen LogP contribution < -0.4 is 0 Å². The Balaban J connectivity index is 2.16. The Morgan fingerprint density at radius 3 is 2.50 bits per heavy atom. The summed E-state index contributed by atoms with van der Waals surface area (Å²) >= 11 is 0. The van der Waals surface area contributed by atoms with Crippen LogP contribution in [0.5, 0.6) is 0 Å². The highest BCUT2D eigenvalue weighted by Crippen LogP contribution is 2.27. The maximum Gasteiger partial charge on any atom is 0.183 e. The van der Waals surface area contributed by atoms with E-state index >= 15 is 0 Å². The number of hydrogen-bond acceptors (Lipinski definition) is 4. The summed E-state index contributed by atoms with van der Waals surface area (Å²) in [4.78, 5) is 41.3. The van der Waals surface area contributed by atoms with Gasteiger partial charge in [-0.1, -0.05) is 12.1 Å². The molecule has 1 aromatic heterocycles. The molecule has 0 radical (unpaired) electrons. The highest BCUT2D eigenvalue weighted by atomic mass is 16.2. The number of aromatic nitrogens is 1. The number of benzene rings is 1. The summed E-state index contributed by atoms with van der Waals surface area (Å²) in [6.07, 6.45) is 2.85. The van der Waals surface area contributed by atoms with Gasteiger partial charge in [-0.3, -0.25) is 19.4 Å². The highest BCUT2D eigenvalue weighted by Gasteiger charge is 2.37. The summed E-state index contributed by atoms with van der Waals surface area (Å²) in [5, 5.41) is 0.852. The zero-order chi connectivity index (χ0) is 15.9. The number of nitrogens with zero attached hydrogens (tertiary/aromatic N) is 1. The normalized spacial score (nSPS) is 16.3. The molecular weight excluding hydrogens is 278 g/mol. The Labute approximate surface area is 128 Å². The molecule has 1 heterocycles. The van der Waals surface area contributed by atoms with Gasteiger partial charge in [-0.25, -0.2) is 0 Å². The molecule has 4 heteroatoms. The van der Waals surface area contributed by atoms with Crippen LogP contribution in [0.25, 0.3) is 10.9 Å². The van der Waals surface area contributed by atoms with E-state index in [0.717, 1.165) is 16.5 Å². The average Bonchev–Trinajstić information content (AvgIpc) is 2.47. The molecule has 0 aliphatic heterocycles. The fourth-order valence-corrected chi connectivity index (χ4v) is 3.07. The van der Waals surface area contributed by atoms with E-state index in [9.17, 15) is 14.4 Å². The van der Waals surface area contributed by atoms with Crippen molar-refractivity contribution < 1.29 is 14.4 Å². The number of pyridine rings is 1. The first-order valence-electron chi connectivity index (χ1n) is 7.44. The van der Waals surface area contributed by atoms with Crippen LogP contribution in [0.4, 0.5) is 0 Å². The quantitative estimate of drug-likeness (QED) is 0.631. The fourth-order valence-electron chi connectivity index (χ4n) is 3.07. The molecule has 1 fully saturated rings. The first-order chi connectivity index (χ1) is 10.5. The molecule has 0 saturated heterocycles. The van der Waals surface area contributed by atoms with Crippen LogP contribution >= 0.6 is 0 Å². The molecule has 4 nitrogen and oxygen atoms in total. The fraction of sp³-hybridized carbons (Fsp3) is 0.333. The minimum absolute atomic E-state index is 0.259. The molecule has 1 aliphatic carbocycles. The zero-order valence-corrected chi connectivity index (χ0v) is 12.7. The van der Waals surface area contributed by atoms with E-state index < -0.39 is 11.7 Å². The molecule has 112 valence electrons. The molecule has 0 bridgehead atoms. The minimum Gasteiger partial charge on any atom is -0.298 e. The lowest BCUT2D eigenvalue weighted by molar-refractivity contribution is -0.133. The van der Waals surface area contributed by atoms with Gasteiger partial charge in [0.05, 0.1) is 5.52 Å². The molecule has 0 unspecified atom stereocenters. The molecule has 1 aliphatic rings. The third kappa shape index (κ3) is 2.34. The van der Waals surface area contributed by atoms with Crippen LogP contribution in [-0.2, 0) is 9.59 Å². The molecule has 2 aromatic rings. The third-order valence-electron chi connectivity index (χ3n) is 4.20. The van der Waals surface area contributed by atoms with E-state index in [1.165, 1.54) is 0 Å². The Morgan fingerprint density at radius 2 is 1.82 bits per heavy atom. The second kappa shape index (κ2) is 5.44. The SMILES string of the molecule is Cc1cnc2c(C(=O)C3C(=O)CCCC3=O)c(C)ccc2c1. The molecule has 3 rings (SSSR count). The number of aryl methyl sites for hydroxylation is 2. The summed E-state index contributed by atoms with van der Waals surface area (Å²) in [7, 11) is 0. The number of carbonyl (C=O) groups is 3. The molecule has 0 N–H and O–H groups in total. The molecule has 22 heavy (non-hydrogen) atoms. The van der Waals surface area contributed by atoms with Crippen molar-refractivity contribution >= 4 is 28.3 Å². The number of ketones is 3. The van der Waals surface area contributed by atoms with Gasteiger partial charge < -0.3 is 0 Å². The topological polar surface area (TPSA) is 64.1 Å². The largest absolute Gasteiger partial charge is 0.298 e. The standard InChI is InChI=1S/C18H17NO3/c1-10-8-12-7-6-11(2)15(17(12)19-9-10)18(22)16-13(20)4-3-5-14(16)21/h6-9,16H,3-5H2,1-2H3. The number of fused-ring (bicyclic) bond motifs is 1. The van der Waals surface area contributed by atoms with E-state index in [1.807, 2.05) is 32.0 Å². The molecule has 0 atom stereocenters. The van der Waals surface area contributed by atoms with Gasteiger partial charge in [0, 0.05) is 30.0 Å². The molecular formula is C18H17NO3. The molecule has 0 spiro atoms. The smallest absolute Gasteiger partial charge is 0.183 e. The Kier molecular flexibility index (Phi) is 3.61. The Morgan fingerprint density at radius 1 is 1.14 bits per heavy atom. The van der Waals surface area contributed by atoms with Gasteiger partial charge in [0.2, 0.25) is 0 Å². The Bertz CT molecular complexity index is 791. The monoisotopic (exact) mass is 295 g/mol. The summed E-state index contributed by atoms with van der Waals surface area (Å²) in [6.45, 7) is 3.74. The number of Topliss-reactive ketones (excluding diaryl/α,β-unsaturated/α-hetero) is 3. The van der Waals surface area contributed by atoms with Gasteiger partial charge in [0.1, 0.15) is 5.92 Å². The van der Waals surface area contributed by atoms with Gasteiger partial charge in [-0.15, -0.1) is 0 Å². The van der Waals surface area contributed by atoms with Crippen molar-refractivity contribution in [2.45, 2.75) is 33.1 Å². The van der Waals surface area contributed by atoms with Crippen molar-refractivity contribution in [1.29, 1.82) is 0 Å². The number of carbonyl (C=O) groups excluding carboxylic acids is 3. The molecule has 0 amide bonds.